The molecule has 6 nitrogen and oxygen atoms in total. The average molecular weight is 471 g/mol. The first-order valence-electron chi connectivity index (χ1n) is 9.74. The molecule has 32 heavy (non-hydrogen) atoms. The molecule has 0 saturated heterocycles. The SMILES string of the molecule is O=C(COC(=O)CC(NC(=O)c1ccccc1)c1ccccc1)Nc1c(Cl)cccc1Cl. The fraction of sp³-hybridized carbons (Fsp3) is 0.125. The predicted molar refractivity (Wildman–Crippen MR) is 124 cm³/mol. The molecule has 164 valence electrons. The summed E-state index contributed by atoms with van der Waals surface area (Å²) in [6, 6.07) is 21.9. The summed E-state index contributed by atoms with van der Waals surface area (Å²) in [6.45, 7) is -0.519. The van der Waals surface area contributed by atoms with Crippen LogP contribution in [0.4, 0.5) is 5.69 Å². The number of benzene rings is 3. The van der Waals surface area contributed by atoms with Crippen LogP contribution in [0, 0.1) is 0 Å². The molecule has 0 aliphatic rings. The normalized spacial score (nSPS) is 11.3. The number of para-hydroxylation sites is 1. The molecule has 0 bridgehead atoms. The first kappa shape index (κ1) is 23.3. The summed E-state index contributed by atoms with van der Waals surface area (Å²) in [5.41, 5.74) is 1.45. The number of nitrogens with one attached hydrogen (secondary N) is 2. The van der Waals surface area contributed by atoms with Crippen molar-refractivity contribution in [1.29, 1.82) is 0 Å². The lowest BCUT2D eigenvalue weighted by Crippen LogP contribution is -2.31. The number of carbonyl (C=O) groups excluding carboxylic acids is 3. The quantitative estimate of drug-likeness (QED) is 0.451. The number of carbonyl (C=O) groups is 3. The van der Waals surface area contributed by atoms with Crippen molar-refractivity contribution in [1.82, 2.24) is 5.32 Å². The van der Waals surface area contributed by atoms with E-state index in [9.17, 15) is 14.4 Å². The minimum absolute atomic E-state index is 0.150. The molecule has 2 N–H and O–H groups in total. The first-order chi connectivity index (χ1) is 15.4. The van der Waals surface area contributed by atoms with Crippen molar-refractivity contribution in [2.45, 2.75) is 12.5 Å². The van der Waals surface area contributed by atoms with Crippen LogP contribution in [0.1, 0.15) is 28.4 Å². The number of halogens is 2. The second-order valence-corrected chi connectivity index (χ2v) is 7.63. The van der Waals surface area contributed by atoms with Crippen molar-refractivity contribution in [3.63, 3.8) is 0 Å². The molecule has 8 heteroatoms. The van der Waals surface area contributed by atoms with Gasteiger partial charge < -0.3 is 15.4 Å². The lowest BCUT2D eigenvalue weighted by Gasteiger charge is -2.19. The van der Waals surface area contributed by atoms with Gasteiger partial charge in [-0.15, -0.1) is 0 Å². The lowest BCUT2D eigenvalue weighted by molar-refractivity contribution is -0.147. The Morgan fingerprint density at radius 1 is 0.812 bits per heavy atom. The topological polar surface area (TPSA) is 84.5 Å². The highest BCUT2D eigenvalue weighted by Crippen LogP contribution is 2.29. The number of rotatable bonds is 8. The predicted octanol–water partition coefficient (Wildman–Crippen LogP) is 5.04. The van der Waals surface area contributed by atoms with Gasteiger partial charge in [0, 0.05) is 5.56 Å². The molecule has 2 amide bonds. The van der Waals surface area contributed by atoms with E-state index in [2.05, 4.69) is 10.6 Å². The van der Waals surface area contributed by atoms with E-state index in [1.807, 2.05) is 24.3 Å². The van der Waals surface area contributed by atoms with Crippen molar-refractivity contribution >= 4 is 46.7 Å². The number of ether oxygens (including phenoxy) is 1. The van der Waals surface area contributed by atoms with Gasteiger partial charge in [-0.3, -0.25) is 14.4 Å². The molecule has 0 spiro atoms. The van der Waals surface area contributed by atoms with Crippen molar-refractivity contribution in [3.05, 3.63) is 100 Å². The monoisotopic (exact) mass is 470 g/mol. The van der Waals surface area contributed by atoms with Crippen LogP contribution in [0.15, 0.2) is 78.9 Å². The zero-order valence-corrected chi connectivity index (χ0v) is 18.4. The van der Waals surface area contributed by atoms with Crippen LogP contribution in [-0.4, -0.2) is 24.4 Å². The van der Waals surface area contributed by atoms with Crippen molar-refractivity contribution in [2.75, 3.05) is 11.9 Å². The maximum atomic E-state index is 12.6. The average Bonchev–Trinajstić information content (AvgIpc) is 2.81. The second kappa shape index (κ2) is 11.3. The molecule has 0 aliphatic heterocycles. The Labute approximate surface area is 195 Å². The molecule has 1 unspecified atom stereocenters. The smallest absolute Gasteiger partial charge is 0.308 e. The number of hydrogen-bond donors (Lipinski definition) is 2. The fourth-order valence-corrected chi connectivity index (χ4v) is 3.42. The summed E-state index contributed by atoms with van der Waals surface area (Å²) >= 11 is 12.0. The number of hydrogen-bond acceptors (Lipinski definition) is 4. The lowest BCUT2D eigenvalue weighted by atomic mass is 10.0. The summed E-state index contributed by atoms with van der Waals surface area (Å²) in [4.78, 5) is 37.2. The highest BCUT2D eigenvalue weighted by molar-refractivity contribution is 6.39. The fourth-order valence-electron chi connectivity index (χ4n) is 2.93. The molecule has 3 aromatic carbocycles. The van der Waals surface area contributed by atoms with Crippen molar-refractivity contribution in [3.8, 4) is 0 Å². The number of amides is 2. The van der Waals surface area contributed by atoms with Crippen LogP contribution < -0.4 is 10.6 Å². The number of anilines is 1. The Hall–Kier alpha value is -3.35. The molecule has 0 radical (unpaired) electrons. The van der Waals surface area contributed by atoms with E-state index in [4.69, 9.17) is 27.9 Å². The van der Waals surface area contributed by atoms with Crippen molar-refractivity contribution < 1.29 is 19.1 Å². The second-order valence-electron chi connectivity index (χ2n) is 6.81. The largest absolute Gasteiger partial charge is 0.455 e. The summed E-state index contributed by atoms with van der Waals surface area (Å²) in [5, 5.41) is 5.91. The minimum atomic E-state index is -0.646. The van der Waals surface area contributed by atoms with Gasteiger partial charge in [0.15, 0.2) is 6.61 Å². The van der Waals surface area contributed by atoms with E-state index in [0.29, 0.717) is 5.56 Å². The van der Waals surface area contributed by atoms with Gasteiger partial charge in [-0.2, -0.15) is 0 Å². The standard InChI is InChI=1S/C24H20Cl2N2O4/c25-18-12-7-13-19(26)23(18)28-21(29)15-32-22(30)14-20(16-8-3-1-4-9-16)27-24(31)17-10-5-2-6-11-17/h1-13,20H,14-15H2,(H,27,31)(H,28,29). The minimum Gasteiger partial charge on any atom is -0.455 e. The summed E-state index contributed by atoms with van der Waals surface area (Å²) < 4.78 is 5.11. The van der Waals surface area contributed by atoms with Crippen LogP contribution in [0.2, 0.25) is 10.0 Å². The number of esters is 1. The van der Waals surface area contributed by atoms with Gasteiger partial charge in [0.2, 0.25) is 0 Å². The third-order valence-corrected chi connectivity index (χ3v) is 5.14. The Balaban J connectivity index is 1.61. The van der Waals surface area contributed by atoms with E-state index in [-0.39, 0.29) is 28.1 Å². The van der Waals surface area contributed by atoms with E-state index < -0.39 is 24.5 Å². The molecule has 0 saturated carbocycles. The van der Waals surface area contributed by atoms with Gasteiger partial charge in [0.25, 0.3) is 11.8 Å². The van der Waals surface area contributed by atoms with E-state index >= 15 is 0 Å². The Morgan fingerprint density at radius 2 is 1.41 bits per heavy atom. The Morgan fingerprint density at radius 3 is 2.03 bits per heavy atom. The van der Waals surface area contributed by atoms with E-state index in [1.54, 1.807) is 54.6 Å². The van der Waals surface area contributed by atoms with Crippen LogP contribution in [0.5, 0.6) is 0 Å². The third kappa shape index (κ3) is 6.57. The van der Waals surface area contributed by atoms with Crippen LogP contribution in [-0.2, 0) is 14.3 Å². The zero-order chi connectivity index (χ0) is 22.9. The van der Waals surface area contributed by atoms with Gasteiger partial charge in [-0.25, -0.2) is 0 Å². The van der Waals surface area contributed by atoms with Gasteiger partial charge in [-0.05, 0) is 29.8 Å². The van der Waals surface area contributed by atoms with Crippen molar-refractivity contribution in [2.24, 2.45) is 0 Å². The first-order valence-corrected chi connectivity index (χ1v) is 10.5. The molecule has 0 heterocycles. The molecule has 0 aromatic heterocycles. The van der Waals surface area contributed by atoms with Crippen LogP contribution >= 0.6 is 23.2 Å². The summed E-state index contributed by atoms with van der Waals surface area (Å²) in [5.74, 6) is -1.55. The van der Waals surface area contributed by atoms with E-state index in [1.165, 1.54) is 0 Å². The third-order valence-electron chi connectivity index (χ3n) is 4.51. The zero-order valence-electron chi connectivity index (χ0n) is 16.9. The molecular weight excluding hydrogens is 451 g/mol. The molecule has 3 rings (SSSR count). The van der Waals surface area contributed by atoms with Crippen LogP contribution in [0.25, 0.3) is 0 Å². The maximum absolute atomic E-state index is 12.6. The van der Waals surface area contributed by atoms with Gasteiger partial charge >= 0.3 is 5.97 Å². The molecule has 0 aliphatic carbocycles. The van der Waals surface area contributed by atoms with Gasteiger partial charge in [-0.1, -0.05) is 77.8 Å². The highest BCUT2D eigenvalue weighted by atomic mass is 35.5. The Bertz CT molecular complexity index is 1070. The van der Waals surface area contributed by atoms with E-state index in [0.717, 1.165) is 5.56 Å². The highest BCUT2D eigenvalue weighted by Gasteiger charge is 2.21. The van der Waals surface area contributed by atoms with Crippen LogP contribution in [0.3, 0.4) is 0 Å². The van der Waals surface area contributed by atoms with Gasteiger partial charge in [0.1, 0.15) is 0 Å². The summed E-state index contributed by atoms with van der Waals surface area (Å²) in [7, 11) is 0. The van der Waals surface area contributed by atoms with Gasteiger partial charge in [0.05, 0.1) is 28.2 Å². The Kier molecular flexibility index (Phi) is 8.25. The molecule has 3 aromatic rings. The molecule has 1 atom stereocenters. The summed E-state index contributed by atoms with van der Waals surface area (Å²) in [6.07, 6.45) is -0.150. The maximum Gasteiger partial charge on any atom is 0.308 e. The molecular formula is C24H20Cl2N2O4. The molecule has 0 fully saturated rings.